The number of methoxy groups -OCH3 is 1. The molecular formula is C17H24O4. The SMILES string of the molecule is COC1CCC(O)(c2ccc(C3(C)OCCO3)cc2)CC1. The highest BCUT2D eigenvalue weighted by atomic mass is 16.7. The maximum absolute atomic E-state index is 10.9. The van der Waals surface area contributed by atoms with Crippen LogP contribution in [0.3, 0.4) is 0 Å². The van der Waals surface area contributed by atoms with Crippen molar-refractivity contribution < 1.29 is 19.3 Å². The third-order valence-electron chi connectivity index (χ3n) is 4.88. The second-order valence-corrected chi connectivity index (χ2v) is 6.19. The maximum Gasteiger partial charge on any atom is 0.192 e. The zero-order chi connectivity index (χ0) is 14.9. The Morgan fingerprint density at radius 2 is 1.57 bits per heavy atom. The van der Waals surface area contributed by atoms with Crippen molar-refractivity contribution in [3.63, 3.8) is 0 Å². The fourth-order valence-electron chi connectivity index (χ4n) is 3.36. The fraction of sp³-hybridized carbons (Fsp3) is 0.647. The molecule has 4 nitrogen and oxygen atoms in total. The number of hydrogen-bond acceptors (Lipinski definition) is 4. The molecule has 1 saturated heterocycles. The van der Waals surface area contributed by atoms with Gasteiger partial charge in [0.2, 0.25) is 0 Å². The van der Waals surface area contributed by atoms with Crippen LogP contribution in [0, 0.1) is 0 Å². The van der Waals surface area contributed by atoms with Crippen LogP contribution in [-0.4, -0.2) is 31.5 Å². The first-order valence-electron chi connectivity index (χ1n) is 7.70. The predicted molar refractivity (Wildman–Crippen MR) is 78.9 cm³/mol. The lowest BCUT2D eigenvalue weighted by Crippen LogP contribution is -2.34. The summed E-state index contributed by atoms with van der Waals surface area (Å²) >= 11 is 0. The van der Waals surface area contributed by atoms with Gasteiger partial charge < -0.3 is 19.3 Å². The minimum atomic E-state index is -0.730. The Morgan fingerprint density at radius 1 is 1.05 bits per heavy atom. The van der Waals surface area contributed by atoms with Gasteiger partial charge in [-0.05, 0) is 38.2 Å². The number of ether oxygens (including phenoxy) is 3. The first-order chi connectivity index (χ1) is 10.1. The van der Waals surface area contributed by atoms with Gasteiger partial charge in [0, 0.05) is 12.7 Å². The van der Waals surface area contributed by atoms with E-state index in [-0.39, 0.29) is 6.10 Å². The van der Waals surface area contributed by atoms with Crippen LogP contribution in [0.4, 0.5) is 0 Å². The first kappa shape index (κ1) is 15.0. The molecule has 1 aliphatic carbocycles. The molecule has 1 saturated carbocycles. The van der Waals surface area contributed by atoms with Crippen molar-refractivity contribution in [3.8, 4) is 0 Å². The Labute approximate surface area is 126 Å². The molecule has 2 fully saturated rings. The molecule has 0 aromatic heterocycles. The van der Waals surface area contributed by atoms with E-state index in [0.29, 0.717) is 13.2 Å². The van der Waals surface area contributed by atoms with Crippen LogP contribution in [0.5, 0.6) is 0 Å². The highest BCUT2D eigenvalue weighted by molar-refractivity contribution is 5.30. The average molecular weight is 292 g/mol. The lowest BCUT2D eigenvalue weighted by molar-refractivity contribution is -0.149. The number of aliphatic hydroxyl groups is 1. The summed E-state index contributed by atoms with van der Waals surface area (Å²) in [6.45, 7) is 3.19. The molecule has 4 heteroatoms. The molecule has 0 spiro atoms. The van der Waals surface area contributed by atoms with Crippen LogP contribution in [0.2, 0.25) is 0 Å². The number of benzene rings is 1. The summed E-state index contributed by atoms with van der Waals surface area (Å²) in [6.07, 6.45) is 3.57. The molecule has 21 heavy (non-hydrogen) atoms. The topological polar surface area (TPSA) is 47.9 Å². The van der Waals surface area contributed by atoms with Crippen molar-refractivity contribution in [1.29, 1.82) is 0 Å². The van der Waals surface area contributed by atoms with E-state index in [2.05, 4.69) is 0 Å². The number of hydrogen-bond donors (Lipinski definition) is 1. The molecule has 1 aromatic carbocycles. The Hall–Kier alpha value is -0.940. The van der Waals surface area contributed by atoms with Crippen molar-refractivity contribution in [2.24, 2.45) is 0 Å². The van der Waals surface area contributed by atoms with Gasteiger partial charge in [0.15, 0.2) is 5.79 Å². The summed E-state index contributed by atoms with van der Waals surface area (Å²) in [5, 5.41) is 10.9. The molecule has 3 rings (SSSR count). The van der Waals surface area contributed by atoms with Gasteiger partial charge in [0.05, 0.1) is 24.9 Å². The van der Waals surface area contributed by atoms with Crippen LogP contribution in [0.15, 0.2) is 24.3 Å². The van der Waals surface area contributed by atoms with E-state index in [9.17, 15) is 5.11 Å². The van der Waals surface area contributed by atoms with Crippen molar-refractivity contribution in [2.45, 2.75) is 50.1 Å². The minimum Gasteiger partial charge on any atom is -0.385 e. The fourth-order valence-corrected chi connectivity index (χ4v) is 3.36. The maximum atomic E-state index is 10.9. The molecule has 1 heterocycles. The standard InChI is InChI=1S/C17H24O4/c1-16(20-11-12-21-16)13-3-5-14(6-4-13)17(18)9-7-15(19-2)8-10-17/h3-6,15,18H,7-12H2,1-2H3. The summed E-state index contributed by atoms with van der Waals surface area (Å²) < 4.78 is 16.7. The molecule has 116 valence electrons. The Kier molecular flexibility index (Phi) is 4.06. The molecule has 0 bridgehead atoms. The van der Waals surface area contributed by atoms with Crippen molar-refractivity contribution >= 4 is 0 Å². The number of rotatable bonds is 3. The molecule has 0 atom stereocenters. The zero-order valence-corrected chi connectivity index (χ0v) is 12.8. The largest absolute Gasteiger partial charge is 0.385 e. The van der Waals surface area contributed by atoms with Gasteiger partial charge in [-0.15, -0.1) is 0 Å². The monoisotopic (exact) mass is 292 g/mol. The Balaban J connectivity index is 1.75. The smallest absolute Gasteiger partial charge is 0.192 e. The Bertz CT molecular complexity index is 468. The lowest BCUT2D eigenvalue weighted by atomic mass is 9.78. The van der Waals surface area contributed by atoms with Gasteiger partial charge in [-0.25, -0.2) is 0 Å². The van der Waals surface area contributed by atoms with E-state index in [1.165, 1.54) is 0 Å². The van der Waals surface area contributed by atoms with Crippen molar-refractivity contribution in [2.75, 3.05) is 20.3 Å². The summed E-state index contributed by atoms with van der Waals surface area (Å²) in [5.74, 6) is -0.644. The van der Waals surface area contributed by atoms with Gasteiger partial charge in [-0.1, -0.05) is 24.3 Å². The Morgan fingerprint density at radius 3 is 2.10 bits per heavy atom. The quantitative estimate of drug-likeness (QED) is 0.930. The van der Waals surface area contributed by atoms with E-state index in [1.807, 2.05) is 31.2 Å². The van der Waals surface area contributed by atoms with Crippen LogP contribution in [-0.2, 0) is 25.6 Å². The zero-order valence-electron chi connectivity index (χ0n) is 12.8. The molecule has 0 radical (unpaired) electrons. The van der Waals surface area contributed by atoms with Crippen LogP contribution >= 0.6 is 0 Å². The lowest BCUT2D eigenvalue weighted by Gasteiger charge is -2.36. The molecule has 2 aliphatic rings. The highest BCUT2D eigenvalue weighted by Gasteiger charge is 2.36. The van der Waals surface area contributed by atoms with Crippen LogP contribution < -0.4 is 0 Å². The van der Waals surface area contributed by atoms with E-state index in [1.54, 1.807) is 7.11 Å². The second-order valence-electron chi connectivity index (χ2n) is 6.19. The average Bonchev–Trinajstić information content (AvgIpc) is 2.96. The van der Waals surface area contributed by atoms with Crippen molar-refractivity contribution in [1.82, 2.24) is 0 Å². The molecule has 1 aromatic rings. The summed E-state index contributed by atoms with van der Waals surface area (Å²) in [7, 11) is 1.74. The third kappa shape index (κ3) is 2.86. The van der Waals surface area contributed by atoms with E-state index in [4.69, 9.17) is 14.2 Å². The molecule has 0 amide bonds. The minimum absolute atomic E-state index is 0.281. The molecule has 1 N–H and O–H groups in total. The summed E-state index contributed by atoms with van der Waals surface area (Å²) in [6, 6.07) is 8.00. The molecule has 0 unspecified atom stereocenters. The van der Waals surface area contributed by atoms with Gasteiger partial charge >= 0.3 is 0 Å². The molecule has 1 aliphatic heterocycles. The van der Waals surface area contributed by atoms with Crippen LogP contribution in [0.1, 0.15) is 43.7 Å². The van der Waals surface area contributed by atoms with E-state index in [0.717, 1.165) is 36.8 Å². The van der Waals surface area contributed by atoms with Crippen LogP contribution in [0.25, 0.3) is 0 Å². The normalized spacial score (nSPS) is 32.2. The summed E-state index contributed by atoms with van der Waals surface area (Å²) in [4.78, 5) is 0. The van der Waals surface area contributed by atoms with Crippen molar-refractivity contribution in [3.05, 3.63) is 35.4 Å². The predicted octanol–water partition coefficient (Wildman–Crippen LogP) is 2.68. The second kappa shape index (κ2) is 5.69. The molecular weight excluding hydrogens is 268 g/mol. The van der Waals surface area contributed by atoms with E-state index < -0.39 is 11.4 Å². The summed E-state index contributed by atoms with van der Waals surface area (Å²) in [5.41, 5.74) is 1.24. The van der Waals surface area contributed by atoms with Gasteiger partial charge in [0.25, 0.3) is 0 Å². The third-order valence-corrected chi connectivity index (χ3v) is 4.88. The highest BCUT2D eigenvalue weighted by Crippen LogP contribution is 2.39. The van der Waals surface area contributed by atoms with Gasteiger partial charge in [-0.3, -0.25) is 0 Å². The van der Waals surface area contributed by atoms with Gasteiger partial charge in [0.1, 0.15) is 0 Å². The first-order valence-corrected chi connectivity index (χ1v) is 7.70. The van der Waals surface area contributed by atoms with Gasteiger partial charge in [-0.2, -0.15) is 0 Å². The van der Waals surface area contributed by atoms with E-state index >= 15 is 0 Å².